The van der Waals surface area contributed by atoms with Crippen LogP contribution in [0.5, 0.6) is 5.75 Å². The monoisotopic (exact) mass is 456 g/mol. The van der Waals surface area contributed by atoms with E-state index >= 15 is 0 Å². The second-order valence-electron chi connectivity index (χ2n) is 8.14. The molecule has 0 spiro atoms. The summed E-state index contributed by atoms with van der Waals surface area (Å²) in [6, 6.07) is 14.9. The number of nitrogens with zero attached hydrogens (tertiary/aromatic N) is 5. The summed E-state index contributed by atoms with van der Waals surface area (Å²) < 4.78 is 15.6. The predicted octanol–water partition coefficient (Wildman–Crippen LogP) is 4.51. The lowest BCUT2D eigenvalue weighted by Gasteiger charge is -2.27. The van der Waals surface area contributed by atoms with Gasteiger partial charge >= 0.3 is 0 Å². The van der Waals surface area contributed by atoms with E-state index in [0.717, 1.165) is 16.8 Å². The van der Waals surface area contributed by atoms with Gasteiger partial charge in [0.1, 0.15) is 23.6 Å². The Hall–Kier alpha value is -4.16. The summed E-state index contributed by atoms with van der Waals surface area (Å²) >= 11 is 0. The van der Waals surface area contributed by atoms with Crippen LogP contribution in [0.3, 0.4) is 0 Å². The second-order valence-corrected chi connectivity index (χ2v) is 8.14. The van der Waals surface area contributed by atoms with E-state index in [1.165, 1.54) is 0 Å². The number of carbonyl (C=O) groups excluding carboxylic acids is 1. The van der Waals surface area contributed by atoms with E-state index in [4.69, 9.17) is 16.0 Å². The maximum absolute atomic E-state index is 13.1. The van der Waals surface area contributed by atoms with Crippen LogP contribution in [-0.2, 0) is 17.9 Å². The van der Waals surface area contributed by atoms with Crippen LogP contribution in [0.15, 0.2) is 48.5 Å². The Kier molecular flexibility index (Phi) is 5.74. The fourth-order valence-corrected chi connectivity index (χ4v) is 4.20. The van der Waals surface area contributed by atoms with Crippen LogP contribution in [0.4, 0.5) is 11.6 Å². The first-order chi connectivity index (χ1) is 16.6. The average molecular weight is 457 g/mol. The number of amides is 1. The zero-order valence-electron chi connectivity index (χ0n) is 19.0. The maximum Gasteiger partial charge on any atom is 0.276 e. The van der Waals surface area contributed by atoms with Crippen molar-refractivity contribution in [1.29, 1.82) is 0 Å². The number of imidazole rings is 1. The molecule has 0 bridgehead atoms. The van der Waals surface area contributed by atoms with Crippen molar-refractivity contribution in [2.75, 3.05) is 18.5 Å². The molecule has 1 aliphatic rings. The molecule has 0 saturated heterocycles. The number of nitrogens with one attached hydrogen (secondary N) is 1. The summed E-state index contributed by atoms with van der Waals surface area (Å²) in [7, 11) is 0. The second kappa shape index (κ2) is 9.00. The Morgan fingerprint density at radius 2 is 2.12 bits per heavy atom. The predicted molar refractivity (Wildman–Crippen MR) is 127 cm³/mol. The fourth-order valence-electron chi connectivity index (χ4n) is 4.20. The molecule has 1 aliphatic heterocycles. The van der Waals surface area contributed by atoms with Gasteiger partial charge < -0.3 is 9.47 Å². The van der Waals surface area contributed by atoms with Crippen molar-refractivity contribution in [3.8, 4) is 5.75 Å². The first kappa shape index (κ1) is 21.7. The summed E-state index contributed by atoms with van der Waals surface area (Å²) in [4.78, 5) is 21.3. The molecule has 3 heterocycles. The van der Waals surface area contributed by atoms with Gasteiger partial charge in [-0.3, -0.25) is 19.4 Å². The lowest BCUT2D eigenvalue weighted by atomic mass is 10.2. The van der Waals surface area contributed by atoms with Crippen LogP contribution in [0.25, 0.3) is 15.9 Å². The van der Waals surface area contributed by atoms with Crippen molar-refractivity contribution in [3.05, 3.63) is 76.9 Å². The van der Waals surface area contributed by atoms with Gasteiger partial charge in [0.25, 0.3) is 5.91 Å². The van der Waals surface area contributed by atoms with E-state index in [9.17, 15) is 4.79 Å². The van der Waals surface area contributed by atoms with Crippen molar-refractivity contribution in [1.82, 2.24) is 19.3 Å². The van der Waals surface area contributed by atoms with Crippen molar-refractivity contribution in [3.63, 3.8) is 0 Å². The quantitative estimate of drug-likeness (QED) is 0.413. The van der Waals surface area contributed by atoms with Crippen molar-refractivity contribution >= 4 is 28.6 Å². The Bertz CT molecular complexity index is 1400. The third-order valence-electron chi connectivity index (χ3n) is 5.74. The SMILES string of the molecule is [C-]#[N+]c1cc2c3c(c1)nc(NC(=O)c1cc(C)nn1CC)n3[C@@H](COCc1ccccc1)CO2. The molecule has 9 heteroatoms. The standard InChI is InChI=1S/C25H24N6O3/c1-4-30-21(10-16(2)29-30)24(32)28-25-27-20-11-18(26-3)12-22-23(20)31(25)19(15-34-22)14-33-13-17-8-6-5-7-9-17/h5-12,19H,4,13-15H2,1-2H3,(H,27,28,32)/t19-/m0/s1. The summed E-state index contributed by atoms with van der Waals surface area (Å²) in [5.41, 5.74) is 4.07. The van der Waals surface area contributed by atoms with E-state index < -0.39 is 0 Å². The third kappa shape index (κ3) is 4.00. The molecular weight excluding hydrogens is 432 g/mol. The highest BCUT2D eigenvalue weighted by molar-refractivity contribution is 6.03. The first-order valence-corrected chi connectivity index (χ1v) is 11.1. The zero-order valence-corrected chi connectivity index (χ0v) is 19.0. The van der Waals surface area contributed by atoms with Crippen LogP contribution in [0.1, 0.15) is 34.7 Å². The Morgan fingerprint density at radius 1 is 1.29 bits per heavy atom. The van der Waals surface area contributed by atoms with E-state index in [2.05, 4.69) is 20.2 Å². The molecule has 1 atom stereocenters. The maximum atomic E-state index is 13.1. The summed E-state index contributed by atoms with van der Waals surface area (Å²) in [5, 5.41) is 7.32. The van der Waals surface area contributed by atoms with Gasteiger partial charge in [0.05, 0.1) is 37.0 Å². The molecule has 0 unspecified atom stereocenters. The number of rotatable bonds is 7. The highest BCUT2D eigenvalue weighted by Crippen LogP contribution is 2.39. The highest BCUT2D eigenvalue weighted by atomic mass is 16.5. The summed E-state index contributed by atoms with van der Waals surface area (Å²) in [6.07, 6.45) is 0. The van der Waals surface area contributed by atoms with Crippen molar-refractivity contribution < 1.29 is 14.3 Å². The van der Waals surface area contributed by atoms with Crippen LogP contribution < -0.4 is 10.1 Å². The fraction of sp³-hybridized carbons (Fsp3) is 0.280. The van der Waals surface area contributed by atoms with Gasteiger partial charge in [-0.05, 0) is 37.6 Å². The number of aryl methyl sites for hydroxylation is 2. The van der Waals surface area contributed by atoms with E-state index in [1.54, 1.807) is 22.9 Å². The molecule has 172 valence electrons. The lowest BCUT2D eigenvalue weighted by molar-refractivity contribution is 0.0694. The van der Waals surface area contributed by atoms with Crippen molar-refractivity contribution in [2.45, 2.75) is 33.0 Å². The molecule has 0 saturated carbocycles. The van der Waals surface area contributed by atoms with E-state index in [1.807, 2.05) is 48.7 Å². The van der Waals surface area contributed by atoms with Crippen LogP contribution >= 0.6 is 0 Å². The molecule has 9 nitrogen and oxygen atoms in total. The van der Waals surface area contributed by atoms with Crippen LogP contribution in [-0.4, -0.2) is 38.5 Å². The first-order valence-electron chi connectivity index (χ1n) is 11.1. The molecule has 0 radical (unpaired) electrons. The van der Waals surface area contributed by atoms with E-state index in [0.29, 0.717) is 55.0 Å². The molecule has 0 aliphatic carbocycles. The number of aromatic nitrogens is 4. The zero-order chi connectivity index (χ0) is 23.7. The number of benzene rings is 2. The van der Waals surface area contributed by atoms with Gasteiger partial charge in [-0.1, -0.05) is 30.3 Å². The molecule has 1 N–H and O–H groups in total. The minimum absolute atomic E-state index is 0.201. The van der Waals surface area contributed by atoms with Gasteiger partial charge in [-0.25, -0.2) is 9.83 Å². The molecule has 0 fully saturated rings. The van der Waals surface area contributed by atoms with Gasteiger partial charge in [0, 0.05) is 6.54 Å². The molecule has 5 rings (SSSR count). The van der Waals surface area contributed by atoms with Gasteiger partial charge in [-0.2, -0.15) is 5.10 Å². The van der Waals surface area contributed by atoms with Crippen LogP contribution in [0.2, 0.25) is 0 Å². The minimum atomic E-state index is -0.295. The van der Waals surface area contributed by atoms with Gasteiger partial charge in [0.15, 0.2) is 5.69 Å². The highest BCUT2D eigenvalue weighted by Gasteiger charge is 2.29. The van der Waals surface area contributed by atoms with Crippen molar-refractivity contribution in [2.24, 2.45) is 0 Å². The number of carbonyl (C=O) groups is 1. The molecule has 2 aromatic carbocycles. The molecule has 1 amide bonds. The number of hydrogen-bond donors (Lipinski definition) is 1. The normalized spacial score (nSPS) is 14.6. The minimum Gasteiger partial charge on any atom is -0.490 e. The number of anilines is 1. The van der Waals surface area contributed by atoms with Gasteiger partial charge in [-0.15, -0.1) is 0 Å². The largest absolute Gasteiger partial charge is 0.490 e. The van der Waals surface area contributed by atoms with Gasteiger partial charge in [0.2, 0.25) is 5.95 Å². The third-order valence-corrected chi connectivity index (χ3v) is 5.74. The number of ether oxygens (including phenoxy) is 2. The topological polar surface area (TPSA) is 87.6 Å². The molecular formula is C25H24N6O3. The Labute approximate surface area is 196 Å². The molecule has 2 aromatic heterocycles. The molecule has 4 aromatic rings. The Morgan fingerprint density at radius 3 is 2.88 bits per heavy atom. The van der Waals surface area contributed by atoms with E-state index in [-0.39, 0.29) is 11.9 Å². The smallest absolute Gasteiger partial charge is 0.276 e. The lowest BCUT2D eigenvalue weighted by Crippen LogP contribution is -2.28. The molecule has 34 heavy (non-hydrogen) atoms. The summed E-state index contributed by atoms with van der Waals surface area (Å²) in [6.45, 7) is 12.9. The number of hydrogen-bond acceptors (Lipinski definition) is 5. The average Bonchev–Trinajstić information content (AvgIpc) is 3.42. The van der Waals surface area contributed by atoms with Crippen LogP contribution in [0, 0.1) is 13.5 Å². The summed E-state index contributed by atoms with van der Waals surface area (Å²) in [5.74, 6) is 0.670. The Balaban J connectivity index is 1.48.